The summed E-state index contributed by atoms with van der Waals surface area (Å²) in [5, 5.41) is 7.58. The Morgan fingerprint density at radius 1 is 0.974 bits per heavy atom. The van der Waals surface area contributed by atoms with Crippen molar-refractivity contribution in [3.63, 3.8) is 0 Å². The predicted molar refractivity (Wildman–Crippen MR) is 141 cm³/mol. The Hall–Kier alpha value is -3.55. The first-order valence-electron chi connectivity index (χ1n) is 12.4. The van der Waals surface area contributed by atoms with Crippen molar-refractivity contribution >= 4 is 26.7 Å². The van der Waals surface area contributed by atoms with Crippen molar-refractivity contribution in [1.82, 2.24) is 29.0 Å². The lowest BCUT2D eigenvalue weighted by Gasteiger charge is -2.35. The fraction of sp³-hybridized carbons (Fsp3) is 0.346. The molecular formula is C26H28F3N7O2S. The number of hydrogen-bond acceptors (Lipinski definition) is 7. The maximum absolute atomic E-state index is 13.6. The van der Waals surface area contributed by atoms with Gasteiger partial charge in [0.1, 0.15) is 12.1 Å². The topological polar surface area (TPSA) is 96.3 Å². The summed E-state index contributed by atoms with van der Waals surface area (Å²) in [7, 11) is -2.08. The van der Waals surface area contributed by atoms with Crippen LogP contribution in [0.4, 0.5) is 19.0 Å². The summed E-state index contributed by atoms with van der Waals surface area (Å²) in [5.41, 5.74) is -0.300. The van der Waals surface area contributed by atoms with Crippen LogP contribution in [-0.4, -0.2) is 76.1 Å². The lowest BCUT2D eigenvalue weighted by molar-refractivity contribution is -0.140. The van der Waals surface area contributed by atoms with E-state index in [1.165, 1.54) is 23.9 Å². The van der Waals surface area contributed by atoms with E-state index >= 15 is 0 Å². The van der Waals surface area contributed by atoms with E-state index in [0.29, 0.717) is 55.0 Å². The van der Waals surface area contributed by atoms with Gasteiger partial charge in [-0.3, -0.25) is 9.58 Å². The van der Waals surface area contributed by atoms with E-state index in [2.05, 4.69) is 25.3 Å². The Balaban J connectivity index is 1.29. The Labute approximate surface area is 224 Å². The van der Waals surface area contributed by atoms with Gasteiger partial charge in [-0.05, 0) is 25.1 Å². The van der Waals surface area contributed by atoms with Gasteiger partial charge in [-0.2, -0.15) is 22.6 Å². The molecule has 39 heavy (non-hydrogen) atoms. The minimum absolute atomic E-state index is 0.0448. The number of sulfonamides is 1. The number of piperazine rings is 1. The lowest BCUT2D eigenvalue weighted by Crippen LogP contribution is -2.50. The summed E-state index contributed by atoms with van der Waals surface area (Å²) in [6.45, 7) is 4.54. The average molecular weight is 560 g/mol. The molecule has 1 fully saturated rings. The largest absolute Gasteiger partial charge is 0.435 e. The molecule has 0 amide bonds. The standard InChI is InChI=1S/C26H28F3N7O2S/c1-18(15-35-11-13-36(14-12-35)39(37,38)19-7-4-3-5-8-19)32-25-21-10-6-9-20(23(21)30-17-31-25)22-16-34(2)33-24(22)26(27,28)29/h3-10,16-18H,11-15H2,1-2H3,(H,30,31,32)/t18-/m0/s1. The van der Waals surface area contributed by atoms with Crippen molar-refractivity contribution < 1.29 is 21.6 Å². The predicted octanol–water partition coefficient (Wildman–Crippen LogP) is 3.86. The fourth-order valence-electron chi connectivity index (χ4n) is 4.88. The van der Waals surface area contributed by atoms with Crippen LogP contribution >= 0.6 is 0 Å². The minimum atomic E-state index is -4.61. The third-order valence-electron chi connectivity index (χ3n) is 6.68. The first-order valence-corrected chi connectivity index (χ1v) is 13.9. The number of fused-ring (bicyclic) bond motifs is 1. The van der Waals surface area contributed by atoms with Gasteiger partial charge in [0.05, 0.1) is 10.4 Å². The van der Waals surface area contributed by atoms with Gasteiger partial charge >= 0.3 is 6.18 Å². The molecule has 2 aromatic carbocycles. The summed E-state index contributed by atoms with van der Waals surface area (Å²) in [6, 6.07) is 13.4. The van der Waals surface area contributed by atoms with Gasteiger partial charge in [0.2, 0.25) is 10.0 Å². The van der Waals surface area contributed by atoms with E-state index in [0.717, 1.165) is 4.68 Å². The molecule has 1 saturated heterocycles. The van der Waals surface area contributed by atoms with Gasteiger partial charge in [0, 0.05) is 68.5 Å². The molecule has 0 bridgehead atoms. The number of benzene rings is 2. The maximum Gasteiger partial charge on any atom is 0.435 e. The Kier molecular flexibility index (Phi) is 7.31. The summed E-state index contributed by atoms with van der Waals surface area (Å²) < 4.78 is 69.4. The zero-order chi connectivity index (χ0) is 27.8. The lowest BCUT2D eigenvalue weighted by atomic mass is 10.0. The van der Waals surface area contributed by atoms with Crippen LogP contribution in [0.25, 0.3) is 22.0 Å². The molecule has 0 spiro atoms. The Bertz CT molecular complexity index is 1570. The molecule has 13 heteroatoms. The van der Waals surface area contributed by atoms with Crippen LogP contribution in [0.5, 0.6) is 0 Å². The fourth-order valence-corrected chi connectivity index (χ4v) is 6.32. The first-order chi connectivity index (χ1) is 18.5. The SMILES string of the molecule is C[C@@H](CN1CCN(S(=O)(=O)c2ccccc2)CC1)Nc1ncnc2c(-c3cn(C)nc3C(F)(F)F)cccc12. The molecule has 9 nitrogen and oxygen atoms in total. The molecule has 0 radical (unpaired) electrons. The average Bonchev–Trinajstić information content (AvgIpc) is 3.31. The van der Waals surface area contributed by atoms with Crippen LogP contribution in [0.15, 0.2) is 66.0 Å². The van der Waals surface area contributed by atoms with Gasteiger partial charge in [-0.25, -0.2) is 18.4 Å². The summed E-state index contributed by atoms with van der Waals surface area (Å²) in [4.78, 5) is 11.1. The van der Waals surface area contributed by atoms with E-state index in [4.69, 9.17) is 0 Å². The summed E-state index contributed by atoms with van der Waals surface area (Å²) >= 11 is 0. The van der Waals surface area contributed by atoms with Crippen molar-refractivity contribution in [2.24, 2.45) is 7.05 Å². The number of alkyl halides is 3. The molecule has 1 N–H and O–H groups in total. The van der Waals surface area contributed by atoms with Crippen LogP contribution in [0, 0.1) is 0 Å². The maximum atomic E-state index is 13.6. The number of aryl methyl sites for hydroxylation is 1. The highest BCUT2D eigenvalue weighted by atomic mass is 32.2. The molecule has 1 aliphatic rings. The van der Waals surface area contributed by atoms with Crippen molar-refractivity contribution in [2.45, 2.75) is 24.0 Å². The number of hydrogen-bond donors (Lipinski definition) is 1. The second-order valence-corrected chi connectivity index (χ2v) is 11.5. The minimum Gasteiger partial charge on any atom is -0.366 e. The Morgan fingerprint density at radius 3 is 2.38 bits per heavy atom. The van der Waals surface area contributed by atoms with Crippen molar-refractivity contribution in [3.05, 3.63) is 66.7 Å². The zero-order valence-electron chi connectivity index (χ0n) is 21.4. The van der Waals surface area contributed by atoms with Crippen LogP contribution in [0.1, 0.15) is 12.6 Å². The molecule has 206 valence electrons. The third-order valence-corrected chi connectivity index (χ3v) is 8.59. The molecule has 2 aromatic heterocycles. The molecule has 0 unspecified atom stereocenters. The van der Waals surface area contributed by atoms with Crippen molar-refractivity contribution in [2.75, 3.05) is 38.0 Å². The highest BCUT2D eigenvalue weighted by molar-refractivity contribution is 7.89. The smallest absolute Gasteiger partial charge is 0.366 e. The van der Waals surface area contributed by atoms with Gasteiger partial charge in [-0.1, -0.05) is 30.3 Å². The quantitative estimate of drug-likeness (QED) is 0.367. The normalized spacial score (nSPS) is 16.4. The van der Waals surface area contributed by atoms with Crippen molar-refractivity contribution in [3.8, 4) is 11.1 Å². The second-order valence-electron chi connectivity index (χ2n) is 9.55. The van der Waals surface area contributed by atoms with Gasteiger partial charge in [-0.15, -0.1) is 0 Å². The highest BCUT2D eigenvalue weighted by Crippen LogP contribution is 2.38. The zero-order valence-corrected chi connectivity index (χ0v) is 22.2. The molecule has 1 aliphatic heterocycles. The van der Waals surface area contributed by atoms with E-state index in [9.17, 15) is 21.6 Å². The highest BCUT2D eigenvalue weighted by Gasteiger charge is 2.38. The first kappa shape index (κ1) is 27.0. The number of nitrogens with one attached hydrogen (secondary N) is 1. The number of nitrogens with zero attached hydrogens (tertiary/aromatic N) is 6. The molecular weight excluding hydrogens is 531 g/mol. The van der Waals surface area contributed by atoms with Crippen LogP contribution < -0.4 is 5.32 Å². The van der Waals surface area contributed by atoms with E-state index < -0.39 is 21.9 Å². The van der Waals surface area contributed by atoms with Gasteiger partial charge in [0.25, 0.3) is 0 Å². The molecule has 4 aromatic rings. The number of halogens is 3. The molecule has 0 saturated carbocycles. The molecule has 5 rings (SSSR count). The van der Waals surface area contributed by atoms with Gasteiger partial charge < -0.3 is 5.32 Å². The number of para-hydroxylation sites is 1. The summed E-state index contributed by atoms with van der Waals surface area (Å²) in [5.74, 6) is 0.511. The molecule has 1 atom stereocenters. The van der Waals surface area contributed by atoms with E-state index in [1.807, 2.05) is 6.92 Å². The molecule has 0 aliphatic carbocycles. The third kappa shape index (κ3) is 5.60. The monoisotopic (exact) mass is 559 g/mol. The number of anilines is 1. The van der Waals surface area contributed by atoms with Crippen LogP contribution in [0.3, 0.4) is 0 Å². The van der Waals surface area contributed by atoms with Crippen molar-refractivity contribution in [1.29, 1.82) is 0 Å². The van der Waals surface area contributed by atoms with Crippen LogP contribution in [0.2, 0.25) is 0 Å². The molecule has 3 heterocycles. The van der Waals surface area contributed by atoms with Gasteiger partial charge in [0.15, 0.2) is 5.69 Å². The van der Waals surface area contributed by atoms with Crippen LogP contribution in [-0.2, 0) is 23.2 Å². The number of aromatic nitrogens is 4. The number of rotatable bonds is 7. The van der Waals surface area contributed by atoms with E-state index in [1.54, 1.807) is 48.5 Å². The van der Waals surface area contributed by atoms with E-state index in [-0.39, 0.29) is 16.5 Å². The summed E-state index contributed by atoms with van der Waals surface area (Å²) in [6.07, 6.45) is -1.93. The Morgan fingerprint density at radius 2 is 1.69 bits per heavy atom. The second kappa shape index (κ2) is 10.5.